The third-order valence-corrected chi connectivity index (χ3v) is 5.95. The standard InChI is InChI=1S/C20H24N2O2Se/c1-13(23)17-9-5-7-11-19(17)21-15(3)25-16(4)22-20-12-8-6-10-18(20)14(2)24/h5-12,15-16,21-22H,1-4H3. The van der Waals surface area contributed by atoms with Gasteiger partial charge in [0.1, 0.15) is 0 Å². The number of nitrogens with one attached hydrogen (secondary N) is 2. The molecule has 0 amide bonds. The molecule has 2 aromatic carbocycles. The summed E-state index contributed by atoms with van der Waals surface area (Å²) in [5.41, 5.74) is 3.18. The van der Waals surface area contributed by atoms with Crippen molar-refractivity contribution in [1.82, 2.24) is 0 Å². The molecule has 2 atom stereocenters. The molecule has 0 saturated heterocycles. The number of ketones is 2. The topological polar surface area (TPSA) is 58.2 Å². The summed E-state index contributed by atoms with van der Waals surface area (Å²) in [4.78, 5) is 23.9. The van der Waals surface area contributed by atoms with Crippen LogP contribution in [0.3, 0.4) is 0 Å². The molecule has 0 aromatic heterocycles. The van der Waals surface area contributed by atoms with E-state index in [0.717, 1.165) is 11.4 Å². The maximum atomic E-state index is 11.7. The van der Waals surface area contributed by atoms with Gasteiger partial charge in [-0.15, -0.1) is 0 Å². The van der Waals surface area contributed by atoms with Gasteiger partial charge in [0.25, 0.3) is 0 Å². The summed E-state index contributed by atoms with van der Waals surface area (Å²) in [5, 5.41) is 6.89. The molecule has 0 aliphatic rings. The van der Waals surface area contributed by atoms with E-state index in [-0.39, 0.29) is 36.4 Å². The first kappa shape index (κ1) is 19.2. The predicted octanol–water partition coefficient (Wildman–Crippen LogP) is 4.01. The fourth-order valence-electron chi connectivity index (χ4n) is 2.64. The van der Waals surface area contributed by atoms with Crippen LogP contribution in [0.25, 0.3) is 0 Å². The summed E-state index contributed by atoms with van der Waals surface area (Å²) in [5.74, 6) is 0.119. The number of carbonyl (C=O) groups is 2. The van der Waals surface area contributed by atoms with Crippen LogP contribution in [0.5, 0.6) is 0 Å². The second-order valence-corrected chi connectivity index (χ2v) is 9.45. The van der Waals surface area contributed by atoms with E-state index in [1.807, 2.05) is 48.5 Å². The Balaban J connectivity index is 2.01. The summed E-state index contributed by atoms with van der Waals surface area (Å²) >= 11 is 0.216. The van der Waals surface area contributed by atoms with Gasteiger partial charge in [0.2, 0.25) is 0 Å². The van der Waals surface area contributed by atoms with E-state index in [1.54, 1.807) is 13.8 Å². The quantitative estimate of drug-likeness (QED) is 0.517. The summed E-state index contributed by atoms with van der Waals surface area (Å²) in [6.07, 6.45) is 0. The van der Waals surface area contributed by atoms with E-state index in [2.05, 4.69) is 24.5 Å². The fraction of sp³-hybridized carbons (Fsp3) is 0.300. The molecule has 0 fully saturated rings. The Morgan fingerprint density at radius 3 is 1.48 bits per heavy atom. The van der Waals surface area contributed by atoms with Gasteiger partial charge in [-0.25, -0.2) is 0 Å². The molecule has 2 N–H and O–H groups in total. The van der Waals surface area contributed by atoms with Crippen LogP contribution in [-0.2, 0) is 0 Å². The number of rotatable bonds is 8. The Morgan fingerprint density at radius 1 is 0.760 bits per heavy atom. The van der Waals surface area contributed by atoms with E-state index < -0.39 is 0 Å². The molecule has 0 aliphatic heterocycles. The van der Waals surface area contributed by atoms with Crippen LogP contribution in [0, 0.1) is 0 Å². The molecule has 0 spiro atoms. The number of para-hydroxylation sites is 2. The number of benzene rings is 2. The van der Waals surface area contributed by atoms with Gasteiger partial charge in [-0.2, -0.15) is 0 Å². The number of anilines is 2. The van der Waals surface area contributed by atoms with Crippen molar-refractivity contribution in [1.29, 1.82) is 0 Å². The van der Waals surface area contributed by atoms with E-state index in [4.69, 9.17) is 0 Å². The van der Waals surface area contributed by atoms with Crippen molar-refractivity contribution in [2.45, 2.75) is 37.6 Å². The van der Waals surface area contributed by atoms with Crippen LogP contribution < -0.4 is 10.6 Å². The SMILES string of the molecule is CC(=O)c1ccccc1NC(C)[Se]C(C)Nc1ccccc1C(C)=O. The fourth-order valence-corrected chi connectivity index (χ4v) is 4.75. The van der Waals surface area contributed by atoms with Crippen LogP contribution in [-0.4, -0.2) is 36.4 Å². The van der Waals surface area contributed by atoms with Gasteiger partial charge in [-0.3, -0.25) is 0 Å². The average Bonchev–Trinajstić information content (AvgIpc) is 2.55. The monoisotopic (exact) mass is 404 g/mol. The van der Waals surface area contributed by atoms with Crippen LogP contribution in [0.15, 0.2) is 48.5 Å². The van der Waals surface area contributed by atoms with Gasteiger partial charge >= 0.3 is 155 Å². The zero-order valence-electron chi connectivity index (χ0n) is 15.0. The molecule has 0 heterocycles. The molecule has 25 heavy (non-hydrogen) atoms. The molecule has 5 heteroatoms. The number of hydrogen-bond acceptors (Lipinski definition) is 4. The van der Waals surface area contributed by atoms with Crippen molar-refractivity contribution in [3.8, 4) is 0 Å². The first-order valence-corrected chi connectivity index (χ1v) is 10.2. The molecule has 0 radical (unpaired) electrons. The van der Waals surface area contributed by atoms with Gasteiger partial charge in [0.15, 0.2) is 0 Å². The maximum absolute atomic E-state index is 11.7. The molecule has 2 aromatic rings. The average molecular weight is 403 g/mol. The van der Waals surface area contributed by atoms with Crippen molar-refractivity contribution in [2.24, 2.45) is 0 Å². The first-order valence-electron chi connectivity index (χ1n) is 8.27. The molecule has 2 unspecified atom stereocenters. The molecule has 0 saturated carbocycles. The number of hydrogen-bond donors (Lipinski definition) is 2. The van der Waals surface area contributed by atoms with Crippen molar-refractivity contribution in [3.63, 3.8) is 0 Å². The normalized spacial score (nSPS) is 13.0. The molecule has 0 aliphatic carbocycles. The second-order valence-electron chi connectivity index (χ2n) is 5.91. The predicted molar refractivity (Wildman–Crippen MR) is 105 cm³/mol. The van der Waals surface area contributed by atoms with Crippen molar-refractivity contribution in [2.75, 3.05) is 10.6 Å². The van der Waals surface area contributed by atoms with Crippen LogP contribution in [0.4, 0.5) is 11.4 Å². The van der Waals surface area contributed by atoms with Gasteiger partial charge in [0.05, 0.1) is 0 Å². The third-order valence-electron chi connectivity index (χ3n) is 3.74. The summed E-state index contributed by atoms with van der Waals surface area (Å²) in [6, 6.07) is 15.2. The first-order chi connectivity index (χ1) is 11.9. The zero-order chi connectivity index (χ0) is 18.4. The Labute approximate surface area is 155 Å². The minimum absolute atomic E-state index is 0.0596. The van der Waals surface area contributed by atoms with E-state index in [1.165, 1.54) is 0 Å². The van der Waals surface area contributed by atoms with Gasteiger partial charge in [0, 0.05) is 0 Å². The molecular formula is C20H24N2O2Se. The van der Waals surface area contributed by atoms with Crippen LogP contribution >= 0.6 is 0 Å². The van der Waals surface area contributed by atoms with E-state index in [0.29, 0.717) is 11.1 Å². The summed E-state index contributed by atoms with van der Waals surface area (Å²) in [7, 11) is 0. The Hall–Kier alpha value is -2.10. The van der Waals surface area contributed by atoms with Crippen molar-refractivity contribution >= 4 is 37.9 Å². The number of carbonyl (C=O) groups excluding carboxylic acids is 2. The van der Waals surface area contributed by atoms with Gasteiger partial charge < -0.3 is 0 Å². The molecule has 0 bridgehead atoms. The number of Topliss-reactive ketones (excluding diaryl/α,β-unsaturated/α-hetero) is 2. The van der Waals surface area contributed by atoms with Crippen molar-refractivity contribution in [3.05, 3.63) is 59.7 Å². The third kappa shape index (κ3) is 5.45. The molecule has 2 rings (SSSR count). The Kier molecular flexibility index (Phi) is 6.80. The second kappa shape index (κ2) is 8.84. The van der Waals surface area contributed by atoms with Crippen molar-refractivity contribution < 1.29 is 9.59 Å². The minimum atomic E-state index is 0.0596. The van der Waals surface area contributed by atoms with Crippen LogP contribution in [0.2, 0.25) is 0 Å². The summed E-state index contributed by atoms with van der Waals surface area (Å²) in [6.45, 7) is 7.40. The van der Waals surface area contributed by atoms with E-state index >= 15 is 0 Å². The molecule has 132 valence electrons. The molecular weight excluding hydrogens is 379 g/mol. The Morgan fingerprint density at radius 2 is 1.12 bits per heavy atom. The Bertz CT molecular complexity index is 697. The van der Waals surface area contributed by atoms with E-state index in [9.17, 15) is 9.59 Å². The van der Waals surface area contributed by atoms with Gasteiger partial charge in [-0.05, 0) is 0 Å². The molecule has 4 nitrogen and oxygen atoms in total. The van der Waals surface area contributed by atoms with Crippen LogP contribution in [0.1, 0.15) is 48.4 Å². The van der Waals surface area contributed by atoms with Gasteiger partial charge in [-0.1, -0.05) is 0 Å². The summed E-state index contributed by atoms with van der Waals surface area (Å²) < 4.78 is 0. The zero-order valence-corrected chi connectivity index (χ0v) is 16.7.